The normalized spacial score (nSPS) is 12.7. The van der Waals surface area contributed by atoms with Gasteiger partial charge in [-0.1, -0.05) is 98.8 Å². The van der Waals surface area contributed by atoms with E-state index < -0.39 is 0 Å². The Bertz CT molecular complexity index is 1380. The van der Waals surface area contributed by atoms with Crippen LogP contribution in [-0.2, 0) is 36.9 Å². The summed E-state index contributed by atoms with van der Waals surface area (Å²) in [4.78, 5) is 24.8. The van der Waals surface area contributed by atoms with Gasteiger partial charge in [-0.05, 0) is 11.1 Å². The van der Waals surface area contributed by atoms with Gasteiger partial charge in [0, 0.05) is 11.8 Å². The van der Waals surface area contributed by atoms with Crippen LogP contribution in [0.25, 0.3) is 0 Å². The molecule has 47 heavy (non-hydrogen) atoms. The maximum Gasteiger partial charge on any atom is 0.223 e. The zero-order valence-electron chi connectivity index (χ0n) is 27.6. The van der Waals surface area contributed by atoms with E-state index >= 15 is 0 Å². The van der Waals surface area contributed by atoms with Gasteiger partial charge in [0.1, 0.15) is 11.4 Å². The Kier molecular flexibility index (Phi) is 14.0. The van der Waals surface area contributed by atoms with E-state index in [1.165, 1.54) is 0 Å². The molecule has 2 unspecified atom stereocenters. The lowest BCUT2D eigenvalue weighted by Crippen LogP contribution is -2.32. The largest absolute Gasteiger partial charge is 0.377 e. The molecule has 0 fully saturated rings. The molecule has 13 nitrogen and oxygen atoms in total. The molecule has 0 aliphatic heterocycles. The van der Waals surface area contributed by atoms with Gasteiger partial charge in [0.15, 0.2) is 0 Å². The molecule has 2 atom stereocenters. The van der Waals surface area contributed by atoms with Gasteiger partial charge < -0.3 is 24.8 Å². The van der Waals surface area contributed by atoms with Crippen LogP contribution in [0.4, 0.5) is 0 Å². The summed E-state index contributed by atoms with van der Waals surface area (Å²) in [5.74, 6) is -0.378. The van der Waals surface area contributed by atoms with Crippen LogP contribution in [0.1, 0.15) is 62.3 Å². The Labute approximate surface area is 276 Å². The number of ether oxygens (including phenoxy) is 3. The number of hydrogen-bond acceptors (Lipinski definition) is 9. The van der Waals surface area contributed by atoms with Gasteiger partial charge in [0.25, 0.3) is 0 Å². The third-order valence-corrected chi connectivity index (χ3v) is 7.27. The molecule has 4 rings (SSSR count). The van der Waals surface area contributed by atoms with Gasteiger partial charge in [0.05, 0.1) is 77.2 Å². The second-order valence-electron chi connectivity index (χ2n) is 11.7. The molecule has 2 amide bonds. The lowest BCUT2D eigenvalue weighted by atomic mass is 10.0. The van der Waals surface area contributed by atoms with Crippen molar-refractivity contribution in [3.8, 4) is 0 Å². The summed E-state index contributed by atoms with van der Waals surface area (Å²) in [6, 6.07) is 18.7. The minimum atomic E-state index is -0.374. The molecule has 0 aliphatic carbocycles. The van der Waals surface area contributed by atoms with E-state index in [1.807, 2.05) is 101 Å². The molecule has 13 heteroatoms. The molecule has 2 aromatic carbocycles. The second kappa shape index (κ2) is 18.6. The van der Waals surface area contributed by atoms with E-state index in [4.69, 9.17) is 14.2 Å². The van der Waals surface area contributed by atoms with E-state index in [2.05, 4.69) is 31.3 Å². The lowest BCUT2D eigenvalue weighted by Gasteiger charge is -2.18. The number of amides is 2. The summed E-state index contributed by atoms with van der Waals surface area (Å²) in [6.07, 6.45) is 3.67. The minimum Gasteiger partial charge on any atom is -0.377 e. The topological polar surface area (TPSA) is 147 Å². The van der Waals surface area contributed by atoms with Crippen LogP contribution in [0.15, 0.2) is 73.1 Å². The molecule has 0 bridgehead atoms. The highest BCUT2D eigenvalue weighted by atomic mass is 16.5. The summed E-state index contributed by atoms with van der Waals surface area (Å²) >= 11 is 0. The van der Waals surface area contributed by atoms with Crippen LogP contribution in [0.3, 0.4) is 0 Å². The van der Waals surface area contributed by atoms with Gasteiger partial charge in [-0.3, -0.25) is 9.59 Å². The molecule has 0 saturated heterocycles. The first-order valence-electron chi connectivity index (χ1n) is 16.1. The van der Waals surface area contributed by atoms with E-state index in [-0.39, 0.29) is 35.7 Å². The van der Waals surface area contributed by atoms with Gasteiger partial charge in [0.2, 0.25) is 11.8 Å². The van der Waals surface area contributed by atoms with Gasteiger partial charge in [-0.25, -0.2) is 9.36 Å². The van der Waals surface area contributed by atoms with Crippen molar-refractivity contribution in [2.45, 2.75) is 52.9 Å². The number of nitrogens with one attached hydrogen (secondary N) is 2. The summed E-state index contributed by atoms with van der Waals surface area (Å²) < 4.78 is 20.4. The molecule has 4 aromatic rings. The van der Waals surface area contributed by atoms with Crippen LogP contribution >= 0.6 is 0 Å². The van der Waals surface area contributed by atoms with Gasteiger partial charge in [-0.2, -0.15) is 0 Å². The van der Waals surface area contributed by atoms with Crippen molar-refractivity contribution in [2.24, 2.45) is 11.8 Å². The van der Waals surface area contributed by atoms with E-state index in [0.29, 0.717) is 64.1 Å². The third kappa shape index (κ3) is 11.4. The number of hydrogen-bond donors (Lipinski definition) is 2. The van der Waals surface area contributed by atoms with Crippen molar-refractivity contribution in [2.75, 3.05) is 39.6 Å². The fourth-order valence-electron chi connectivity index (χ4n) is 4.53. The minimum absolute atomic E-state index is 0.0477. The Morgan fingerprint density at radius 2 is 0.957 bits per heavy atom. The SMILES string of the molecule is CC(C)C(=O)NC(c1ccccc1)c1cn(CCOCCOCCOCCn2cc(C(NC(=O)C(C)C)c3ccccc3)nn2)nn1. The highest BCUT2D eigenvalue weighted by Gasteiger charge is 2.22. The van der Waals surface area contributed by atoms with Crippen molar-refractivity contribution in [3.05, 3.63) is 95.6 Å². The molecule has 2 N–H and O–H groups in total. The summed E-state index contributed by atoms with van der Waals surface area (Å²) in [5, 5.41) is 23.2. The fourth-order valence-corrected chi connectivity index (χ4v) is 4.53. The monoisotopic (exact) mass is 646 g/mol. The highest BCUT2D eigenvalue weighted by molar-refractivity contribution is 5.79. The van der Waals surface area contributed by atoms with Crippen LogP contribution in [0.5, 0.6) is 0 Å². The highest BCUT2D eigenvalue weighted by Crippen LogP contribution is 2.21. The van der Waals surface area contributed by atoms with Gasteiger partial charge >= 0.3 is 0 Å². The van der Waals surface area contributed by atoms with Crippen molar-refractivity contribution in [3.63, 3.8) is 0 Å². The van der Waals surface area contributed by atoms with E-state index in [0.717, 1.165) is 11.1 Å². The Hall–Kier alpha value is -4.46. The summed E-state index contributed by atoms with van der Waals surface area (Å²) in [7, 11) is 0. The standard InChI is InChI=1S/C34H46N8O5/c1-25(2)33(43)35-31(27-11-7-5-8-12-27)29-23-41(39-37-29)15-17-45-19-21-47-22-20-46-18-16-42-24-30(38-40-42)32(36-34(44)26(3)4)28-13-9-6-10-14-28/h5-14,23-26,31-32H,15-22H2,1-4H3,(H,35,43)(H,36,44). The number of carbonyl (C=O) groups is 2. The summed E-state index contributed by atoms with van der Waals surface area (Å²) in [6.45, 7) is 11.2. The fraction of sp³-hybridized carbons (Fsp3) is 0.471. The van der Waals surface area contributed by atoms with Crippen molar-refractivity contribution < 1.29 is 23.8 Å². The maximum absolute atomic E-state index is 12.4. The molecule has 0 radical (unpaired) electrons. The summed E-state index contributed by atoms with van der Waals surface area (Å²) in [5.41, 5.74) is 3.23. The van der Waals surface area contributed by atoms with Crippen LogP contribution < -0.4 is 10.6 Å². The number of aromatic nitrogens is 6. The smallest absolute Gasteiger partial charge is 0.223 e. The second-order valence-corrected chi connectivity index (χ2v) is 11.7. The Balaban J connectivity index is 1.09. The molecule has 2 heterocycles. The molecule has 0 saturated carbocycles. The van der Waals surface area contributed by atoms with Crippen LogP contribution in [0, 0.1) is 11.8 Å². The van der Waals surface area contributed by atoms with Crippen LogP contribution in [0.2, 0.25) is 0 Å². The van der Waals surface area contributed by atoms with E-state index in [1.54, 1.807) is 9.36 Å². The predicted molar refractivity (Wildman–Crippen MR) is 175 cm³/mol. The zero-order chi connectivity index (χ0) is 33.4. The Morgan fingerprint density at radius 1 is 0.596 bits per heavy atom. The number of benzene rings is 2. The van der Waals surface area contributed by atoms with Crippen molar-refractivity contribution >= 4 is 11.8 Å². The lowest BCUT2D eigenvalue weighted by molar-refractivity contribution is -0.125. The molecule has 0 spiro atoms. The molecule has 2 aromatic heterocycles. The first-order chi connectivity index (χ1) is 22.8. The van der Waals surface area contributed by atoms with Crippen molar-refractivity contribution in [1.82, 2.24) is 40.6 Å². The maximum atomic E-state index is 12.4. The Morgan fingerprint density at radius 3 is 1.32 bits per heavy atom. The van der Waals surface area contributed by atoms with Crippen molar-refractivity contribution in [1.29, 1.82) is 0 Å². The molecule has 0 aliphatic rings. The molecular weight excluding hydrogens is 600 g/mol. The quantitative estimate of drug-likeness (QED) is 0.138. The van der Waals surface area contributed by atoms with E-state index in [9.17, 15) is 9.59 Å². The molecule has 252 valence electrons. The molecular formula is C34H46N8O5. The first-order valence-corrected chi connectivity index (χ1v) is 16.1. The number of rotatable bonds is 20. The van der Waals surface area contributed by atoms with Crippen LogP contribution in [-0.4, -0.2) is 81.4 Å². The third-order valence-electron chi connectivity index (χ3n) is 7.27. The average Bonchev–Trinajstić information content (AvgIpc) is 3.75. The average molecular weight is 647 g/mol. The van der Waals surface area contributed by atoms with Gasteiger partial charge in [-0.15, -0.1) is 10.2 Å². The number of carbonyl (C=O) groups excluding carboxylic acids is 2. The number of nitrogens with zero attached hydrogens (tertiary/aromatic N) is 6. The first kappa shape index (κ1) is 35.4. The predicted octanol–water partition coefficient (Wildman–Crippen LogP) is 3.34. The zero-order valence-corrected chi connectivity index (χ0v) is 27.6.